The van der Waals surface area contributed by atoms with E-state index in [1.54, 1.807) is 6.20 Å². The van der Waals surface area contributed by atoms with E-state index in [9.17, 15) is 4.79 Å². The molecule has 0 radical (unpaired) electrons. The van der Waals surface area contributed by atoms with E-state index >= 15 is 0 Å². The zero-order valence-corrected chi connectivity index (χ0v) is 18.7. The van der Waals surface area contributed by atoms with Crippen molar-refractivity contribution in [2.75, 3.05) is 5.32 Å². The zero-order chi connectivity index (χ0) is 23.0. The van der Waals surface area contributed by atoms with Crippen LogP contribution in [0, 0.1) is 0 Å². The van der Waals surface area contributed by atoms with Gasteiger partial charge in [0.2, 0.25) is 17.6 Å². The lowest BCUT2D eigenvalue weighted by atomic mass is 10.0. The van der Waals surface area contributed by atoms with Gasteiger partial charge in [-0.2, -0.15) is 4.98 Å². The van der Waals surface area contributed by atoms with E-state index in [1.807, 2.05) is 66.7 Å². The van der Waals surface area contributed by atoms with Crippen LogP contribution in [0.3, 0.4) is 0 Å². The number of anilines is 1. The minimum atomic E-state index is -0.109. The maximum atomic E-state index is 12.4. The fraction of sp³-hybridized carbons (Fsp3) is 0.185. The summed E-state index contributed by atoms with van der Waals surface area (Å²) in [4.78, 5) is 21.1. The normalized spacial score (nSPS) is 11.2. The molecule has 0 bridgehead atoms. The minimum absolute atomic E-state index is 0.109. The average molecular weight is 439 g/mol. The number of aromatic nitrogens is 3. The topological polar surface area (TPSA) is 80.9 Å². The summed E-state index contributed by atoms with van der Waals surface area (Å²) >= 11 is 0. The first kappa shape index (κ1) is 22.1. The van der Waals surface area contributed by atoms with E-state index in [4.69, 9.17) is 4.52 Å². The largest absolute Gasteiger partial charge is 0.339 e. The van der Waals surface area contributed by atoms with Crippen LogP contribution in [-0.2, 0) is 11.2 Å². The van der Waals surface area contributed by atoms with Gasteiger partial charge in [-0.05, 0) is 47.4 Å². The molecule has 0 saturated heterocycles. The summed E-state index contributed by atoms with van der Waals surface area (Å²) in [6.45, 7) is 4.31. The zero-order valence-electron chi connectivity index (χ0n) is 18.7. The number of hydrogen-bond acceptors (Lipinski definition) is 5. The SMILES string of the molecule is CC(C)c1ccc(-c2noc(CCC(=O)Nc3cccc(/C=C/c4ccccn4)c3)n2)cc1. The number of nitrogens with zero attached hydrogens (tertiary/aromatic N) is 3. The van der Waals surface area contributed by atoms with Gasteiger partial charge in [0.05, 0.1) is 5.69 Å². The second kappa shape index (κ2) is 10.5. The molecule has 2 aromatic carbocycles. The van der Waals surface area contributed by atoms with Crippen LogP contribution in [0.4, 0.5) is 5.69 Å². The molecule has 166 valence electrons. The van der Waals surface area contributed by atoms with Crippen molar-refractivity contribution in [3.63, 3.8) is 0 Å². The van der Waals surface area contributed by atoms with Gasteiger partial charge in [-0.25, -0.2) is 0 Å². The Morgan fingerprint density at radius 1 is 1.03 bits per heavy atom. The lowest BCUT2D eigenvalue weighted by Crippen LogP contribution is -2.12. The van der Waals surface area contributed by atoms with E-state index in [0.717, 1.165) is 22.5 Å². The Kier molecular flexibility index (Phi) is 7.05. The summed E-state index contributed by atoms with van der Waals surface area (Å²) in [5, 5.41) is 6.98. The molecule has 1 amide bonds. The lowest BCUT2D eigenvalue weighted by molar-refractivity contribution is -0.116. The maximum absolute atomic E-state index is 12.4. The fourth-order valence-corrected chi connectivity index (χ4v) is 3.31. The van der Waals surface area contributed by atoms with Crippen LogP contribution in [0.15, 0.2) is 77.4 Å². The third-order valence-electron chi connectivity index (χ3n) is 5.17. The molecule has 0 aliphatic carbocycles. The number of hydrogen-bond donors (Lipinski definition) is 1. The molecule has 0 aliphatic rings. The number of rotatable bonds is 8. The van der Waals surface area contributed by atoms with Gasteiger partial charge in [0.1, 0.15) is 0 Å². The number of nitrogens with one attached hydrogen (secondary N) is 1. The van der Waals surface area contributed by atoms with Crippen molar-refractivity contribution < 1.29 is 9.32 Å². The summed E-state index contributed by atoms with van der Waals surface area (Å²) in [7, 11) is 0. The molecular formula is C27H26N4O2. The molecule has 0 atom stereocenters. The Labute approximate surface area is 193 Å². The fourth-order valence-electron chi connectivity index (χ4n) is 3.31. The molecule has 0 unspecified atom stereocenters. The van der Waals surface area contributed by atoms with Crippen LogP contribution in [0.5, 0.6) is 0 Å². The van der Waals surface area contributed by atoms with Gasteiger partial charge >= 0.3 is 0 Å². The summed E-state index contributed by atoms with van der Waals surface area (Å²) in [6, 6.07) is 21.6. The van der Waals surface area contributed by atoms with Gasteiger partial charge in [-0.15, -0.1) is 0 Å². The van der Waals surface area contributed by atoms with Crippen LogP contribution in [-0.4, -0.2) is 21.0 Å². The van der Waals surface area contributed by atoms with E-state index in [2.05, 4.69) is 46.4 Å². The molecule has 6 heteroatoms. The molecule has 0 spiro atoms. The van der Waals surface area contributed by atoms with E-state index in [0.29, 0.717) is 24.1 Å². The standard InChI is InChI=1S/C27H26N4O2/c1-19(2)21-10-12-22(13-11-21)27-30-26(33-31-27)16-15-25(32)29-24-8-5-6-20(18-24)9-14-23-7-3-4-17-28-23/h3-14,17-19H,15-16H2,1-2H3,(H,29,32)/b14-9+. The van der Waals surface area contributed by atoms with Gasteiger partial charge in [-0.3, -0.25) is 9.78 Å². The van der Waals surface area contributed by atoms with Crippen molar-refractivity contribution in [2.24, 2.45) is 0 Å². The number of amides is 1. The first-order valence-electron chi connectivity index (χ1n) is 11.0. The highest BCUT2D eigenvalue weighted by molar-refractivity contribution is 5.91. The summed E-state index contributed by atoms with van der Waals surface area (Å²) < 4.78 is 5.33. The number of pyridine rings is 1. The third kappa shape index (κ3) is 6.23. The molecule has 0 saturated carbocycles. The van der Waals surface area contributed by atoms with Crippen LogP contribution in [0.25, 0.3) is 23.5 Å². The second-order valence-corrected chi connectivity index (χ2v) is 8.05. The molecular weight excluding hydrogens is 412 g/mol. The monoisotopic (exact) mass is 438 g/mol. The Hall–Kier alpha value is -4.06. The van der Waals surface area contributed by atoms with Gasteiger partial charge in [0, 0.05) is 30.3 Å². The second-order valence-electron chi connectivity index (χ2n) is 8.05. The van der Waals surface area contributed by atoms with Gasteiger partial charge < -0.3 is 9.84 Å². The molecule has 4 aromatic rings. The predicted molar refractivity (Wildman–Crippen MR) is 130 cm³/mol. The minimum Gasteiger partial charge on any atom is -0.339 e. The highest BCUT2D eigenvalue weighted by Gasteiger charge is 2.11. The lowest BCUT2D eigenvalue weighted by Gasteiger charge is -2.05. The molecule has 2 heterocycles. The molecule has 2 aromatic heterocycles. The number of benzene rings is 2. The highest BCUT2D eigenvalue weighted by atomic mass is 16.5. The van der Waals surface area contributed by atoms with Crippen molar-refractivity contribution in [3.8, 4) is 11.4 Å². The van der Waals surface area contributed by atoms with Crippen molar-refractivity contribution >= 4 is 23.7 Å². The first-order valence-corrected chi connectivity index (χ1v) is 11.0. The number of carbonyl (C=O) groups is 1. The first-order chi connectivity index (χ1) is 16.1. The van der Waals surface area contributed by atoms with Crippen molar-refractivity contribution in [3.05, 3.63) is 95.6 Å². The quantitative estimate of drug-likeness (QED) is 0.365. The predicted octanol–water partition coefficient (Wildman–Crippen LogP) is 6.00. The van der Waals surface area contributed by atoms with Gasteiger partial charge in [0.25, 0.3) is 0 Å². The smallest absolute Gasteiger partial charge is 0.227 e. The van der Waals surface area contributed by atoms with Crippen LogP contribution < -0.4 is 5.32 Å². The van der Waals surface area contributed by atoms with E-state index in [-0.39, 0.29) is 12.3 Å². The molecule has 0 aliphatic heterocycles. The summed E-state index contributed by atoms with van der Waals surface area (Å²) in [5.74, 6) is 1.34. The van der Waals surface area contributed by atoms with Crippen LogP contribution in [0.2, 0.25) is 0 Å². The van der Waals surface area contributed by atoms with Crippen LogP contribution >= 0.6 is 0 Å². The third-order valence-corrected chi connectivity index (χ3v) is 5.17. The highest BCUT2D eigenvalue weighted by Crippen LogP contribution is 2.21. The molecule has 0 fully saturated rings. The Morgan fingerprint density at radius 3 is 2.64 bits per heavy atom. The Bertz CT molecular complexity index is 1230. The average Bonchev–Trinajstić information content (AvgIpc) is 3.32. The molecule has 6 nitrogen and oxygen atoms in total. The Balaban J connectivity index is 1.31. The van der Waals surface area contributed by atoms with E-state index in [1.165, 1.54) is 5.56 Å². The van der Waals surface area contributed by atoms with Gasteiger partial charge in [-0.1, -0.05) is 67.5 Å². The Morgan fingerprint density at radius 2 is 1.88 bits per heavy atom. The van der Waals surface area contributed by atoms with E-state index < -0.39 is 0 Å². The van der Waals surface area contributed by atoms with Crippen molar-refractivity contribution in [1.29, 1.82) is 0 Å². The maximum Gasteiger partial charge on any atom is 0.227 e. The molecule has 33 heavy (non-hydrogen) atoms. The molecule has 4 rings (SSSR count). The molecule has 1 N–H and O–H groups in total. The number of carbonyl (C=O) groups excluding carboxylic acids is 1. The summed E-state index contributed by atoms with van der Waals surface area (Å²) in [5.41, 5.74) is 4.75. The number of aryl methyl sites for hydroxylation is 1. The summed E-state index contributed by atoms with van der Waals surface area (Å²) in [6.07, 6.45) is 6.28. The van der Waals surface area contributed by atoms with Gasteiger partial charge in [0.15, 0.2) is 0 Å². The van der Waals surface area contributed by atoms with Crippen molar-refractivity contribution in [2.45, 2.75) is 32.6 Å². The van der Waals surface area contributed by atoms with Crippen LogP contribution in [0.1, 0.15) is 48.9 Å². The van der Waals surface area contributed by atoms with Crippen molar-refractivity contribution in [1.82, 2.24) is 15.1 Å².